The molecule has 0 aliphatic heterocycles. The Bertz CT molecular complexity index is 802. The molecule has 1 aliphatic carbocycles. The second-order valence-corrected chi connectivity index (χ2v) is 9.67. The first-order chi connectivity index (χ1) is 11.4. The third-order valence-corrected chi connectivity index (χ3v) is 6.87. The number of amides is 1. The molecule has 0 heterocycles. The van der Waals surface area contributed by atoms with Crippen LogP contribution in [0.3, 0.4) is 0 Å². The monoisotopic (exact) mass is 438 g/mol. The molecule has 0 radical (unpaired) electrons. The molecule has 2 N–H and O–H groups in total. The summed E-state index contributed by atoms with van der Waals surface area (Å²) in [5.74, 6) is -0.246. The standard InChI is InChI=1S/C15H11.C5H11NOSi.2ClH.Ti/c1-2-6-12(7-3-1)15-10-13-8-4-5-9-14(13)11-15;1-4(5(6)7)8(2)3;;;/h1-11H;1-3H3,(H2,6,7);2*1H;/q;;;;+2/p-2. The topological polar surface area (TPSA) is 43.1 Å². The zero-order chi connectivity index (χ0) is 17.7. The van der Waals surface area contributed by atoms with E-state index in [4.69, 9.17) is 5.73 Å². The van der Waals surface area contributed by atoms with Gasteiger partial charge in [0.15, 0.2) is 0 Å². The normalized spacial score (nSPS) is 13.7. The molecule has 1 atom stereocenters. The van der Waals surface area contributed by atoms with E-state index >= 15 is 0 Å². The molecule has 0 aromatic heterocycles. The molecule has 26 heavy (non-hydrogen) atoms. The Balaban J connectivity index is 0.000000547. The predicted octanol–water partition coefficient (Wildman–Crippen LogP) is -2.16. The molecular weight excluding hydrogens is 417 g/mol. The average Bonchev–Trinajstić information content (AvgIpc) is 2.93. The van der Waals surface area contributed by atoms with Crippen LogP contribution < -0.4 is 30.5 Å². The van der Waals surface area contributed by atoms with Gasteiger partial charge in [-0.1, -0.05) is 13.1 Å². The van der Waals surface area contributed by atoms with Crippen LogP contribution in [0.25, 0.3) is 11.6 Å². The molecule has 0 saturated heterocycles. The van der Waals surface area contributed by atoms with E-state index in [1.54, 1.807) is 6.92 Å². The molecule has 2 aromatic rings. The first-order valence-electron chi connectivity index (χ1n) is 7.92. The second-order valence-electron chi connectivity index (χ2n) is 6.02. The van der Waals surface area contributed by atoms with Gasteiger partial charge in [-0.3, -0.25) is 4.79 Å². The quantitative estimate of drug-likeness (QED) is 0.533. The van der Waals surface area contributed by atoms with Crippen molar-refractivity contribution in [2.45, 2.75) is 24.2 Å². The van der Waals surface area contributed by atoms with Gasteiger partial charge in [-0.2, -0.15) is 0 Å². The van der Waals surface area contributed by atoms with Crippen molar-refractivity contribution in [1.82, 2.24) is 0 Å². The molecule has 0 saturated carbocycles. The van der Waals surface area contributed by atoms with Gasteiger partial charge in [-0.15, -0.1) is 0 Å². The maximum absolute atomic E-state index is 10.4. The van der Waals surface area contributed by atoms with Crippen molar-refractivity contribution in [3.05, 3.63) is 71.3 Å². The minimum absolute atomic E-state index is 0. The number of carbonyl (C=O) groups excluding carboxylic acids is 1. The van der Waals surface area contributed by atoms with Gasteiger partial charge in [0, 0.05) is 8.41 Å². The average molecular weight is 439 g/mol. The first-order valence-corrected chi connectivity index (χ1v) is 11.3. The summed E-state index contributed by atoms with van der Waals surface area (Å²) in [5, 5.41) is 0.843. The minimum atomic E-state index is -0.570. The zero-order valence-corrected chi connectivity index (χ0v) is 19.2. The van der Waals surface area contributed by atoms with E-state index in [0.29, 0.717) is 4.22 Å². The van der Waals surface area contributed by atoms with Gasteiger partial charge in [0.1, 0.15) is 0 Å². The summed E-state index contributed by atoms with van der Waals surface area (Å²) in [5.41, 5.74) is 10.6. The summed E-state index contributed by atoms with van der Waals surface area (Å²) in [6, 6.07) is 19.3. The van der Waals surface area contributed by atoms with E-state index < -0.39 is 8.41 Å². The molecule has 2 nitrogen and oxygen atoms in total. The number of rotatable bonds is 2. The number of nitrogens with two attached hydrogens (primary N) is 1. The predicted molar refractivity (Wildman–Crippen MR) is 101 cm³/mol. The third kappa shape index (κ3) is 6.33. The molecule has 1 aliphatic rings. The number of allylic oxidation sites excluding steroid dienone is 1. The van der Waals surface area contributed by atoms with Crippen molar-refractivity contribution in [2.24, 2.45) is 5.73 Å². The van der Waals surface area contributed by atoms with Crippen molar-refractivity contribution >= 4 is 31.1 Å². The Morgan fingerprint density at radius 1 is 1.00 bits per heavy atom. The molecule has 0 spiro atoms. The molecule has 3 rings (SSSR count). The van der Waals surface area contributed by atoms with E-state index in [2.05, 4.69) is 81.1 Å². The van der Waals surface area contributed by atoms with Crippen LogP contribution in [0.4, 0.5) is 0 Å². The van der Waals surface area contributed by atoms with Crippen LogP contribution in [0.5, 0.6) is 0 Å². The Kier molecular flexibility index (Phi) is 11.2. The summed E-state index contributed by atoms with van der Waals surface area (Å²) < 4.78 is 0.513. The van der Waals surface area contributed by atoms with Crippen LogP contribution >= 0.6 is 0 Å². The van der Waals surface area contributed by atoms with Crippen LogP contribution in [-0.2, 0) is 25.2 Å². The molecule has 0 bridgehead atoms. The molecule has 1 amide bonds. The Morgan fingerprint density at radius 3 is 2.00 bits per heavy atom. The summed E-state index contributed by atoms with van der Waals surface area (Å²) in [6.07, 6.45) is 2.31. The van der Waals surface area contributed by atoms with Gasteiger partial charge in [-0.25, -0.2) is 0 Å². The molecule has 135 valence electrons. The number of halogens is 2. The number of carbonyl (C=O) groups is 1. The van der Waals surface area contributed by atoms with Crippen LogP contribution in [0.2, 0.25) is 13.1 Å². The summed E-state index contributed by atoms with van der Waals surface area (Å²) in [6.45, 7) is 5.89. The number of hydrogen-bond acceptors (Lipinski definition) is 1. The number of hydrogen-bond donors (Lipinski definition) is 1. The van der Waals surface area contributed by atoms with Crippen molar-refractivity contribution in [2.75, 3.05) is 0 Å². The molecule has 2 aromatic carbocycles. The molecule has 1 unspecified atom stereocenters. The summed E-state index contributed by atoms with van der Waals surface area (Å²) in [7, 11) is -0.570. The Labute approximate surface area is 181 Å². The Morgan fingerprint density at radius 2 is 1.54 bits per heavy atom. The number of primary amides is 1. The molecular formula is C20H22Cl2NOSiTi. The van der Waals surface area contributed by atoms with Gasteiger partial charge in [0.25, 0.3) is 0 Å². The van der Waals surface area contributed by atoms with Crippen molar-refractivity contribution in [3.63, 3.8) is 0 Å². The third-order valence-electron chi connectivity index (χ3n) is 4.16. The van der Waals surface area contributed by atoms with Crippen LogP contribution in [-0.4, -0.2) is 19.5 Å². The van der Waals surface area contributed by atoms with Gasteiger partial charge < -0.3 is 30.5 Å². The van der Waals surface area contributed by atoms with Crippen LogP contribution in [0.15, 0.2) is 54.6 Å². The van der Waals surface area contributed by atoms with Gasteiger partial charge in [-0.05, 0) is 12.1 Å². The fourth-order valence-corrected chi connectivity index (χ4v) is 3.74. The van der Waals surface area contributed by atoms with Crippen molar-refractivity contribution in [1.29, 1.82) is 0 Å². The maximum atomic E-state index is 10.4. The zero-order valence-electron chi connectivity index (χ0n) is 15.1. The second kappa shape index (κ2) is 11.7. The van der Waals surface area contributed by atoms with Crippen molar-refractivity contribution in [3.8, 4) is 0 Å². The molecule has 6 heteroatoms. The van der Waals surface area contributed by atoms with Crippen LogP contribution in [0.1, 0.15) is 27.8 Å². The van der Waals surface area contributed by atoms with Gasteiger partial charge >= 0.3 is 108 Å². The van der Waals surface area contributed by atoms with Crippen molar-refractivity contribution < 1.29 is 50.0 Å². The van der Waals surface area contributed by atoms with E-state index in [9.17, 15) is 4.79 Å². The van der Waals surface area contributed by atoms with E-state index in [1.807, 2.05) is 13.1 Å². The van der Waals surface area contributed by atoms with E-state index in [0.717, 1.165) is 5.17 Å². The molecule has 0 fully saturated rings. The fourth-order valence-electron chi connectivity index (χ4n) is 2.45. The fraction of sp³-hybridized carbons (Fsp3) is 0.200. The van der Waals surface area contributed by atoms with Crippen LogP contribution in [0, 0.1) is 0 Å². The Hall–Kier alpha value is -0.969. The first kappa shape index (κ1) is 25.0. The number of fused-ring (bicyclic) bond motifs is 1. The summed E-state index contributed by atoms with van der Waals surface area (Å²) >= 11 is 2.28. The van der Waals surface area contributed by atoms with E-state index in [1.165, 1.54) is 22.3 Å². The number of benzene rings is 2. The SMILES string of the molecule is CC(C(N)=O)=[Si](C)C.[Cl-].[Cl-].[Ti+2][CH]1C(c2ccccc2)=Cc2ccccc21. The summed E-state index contributed by atoms with van der Waals surface area (Å²) in [4.78, 5) is 10.4. The van der Waals surface area contributed by atoms with E-state index in [-0.39, 0.29) is 30.7 Å². The van der Waals surface area contributed by atoms with Gasteiger partial charge in [0.2, 0.25) is 5.91 Å². The van der Waals surface area contributed by atoms with Gasteiger partial charge in [0.05, 0.1) is 0 Å².